The molecule has 6 heteroatoms. The number of aromatic amines is 1. The summed E-state index contributed by atoms with van der Waals surface area (Å²) in [4.78, 5) is 15.8. The Morgan fingerprint density at radius 1 is 1.65 bits per heavy atom. The van der Waals surface area contributed by atoms with E-state index in [1.54, 1.807) is 6.92 Å². The summed E-state index contributed by atoms with van der Waals surface area (Å²) in [6.07, 6.45) is 3.37. The number of aromatic nitrogens is 3. The highest BCUT2D eigenvalue weighted by Gasteiger charge is 2.28. The predicted octanol–water partition coefficient (Wildman–Crippen LogP) is 0.573. The van der Waals surface area contributed by atoms with Gasteiger partial charge in [0.15, 0.2) is 0 Å². The second-order valence-electron chi connectivity index (χ2n) is 4.57. The molecule has 17 heavy (non-hydrogen) atoms. The molecule has 94 valence electrons. The molecule has 0 aliphatic heterocycles. The zero-order chi connectivity index (χ0) is 12.3. The molecule has 1 unspecified atom stereocenters. The van der Waals surface area contributed by atoms with Gasteiger partial charge in [0.25, 0.3) is 5.91 Å². The Bertz CT molecular complexity index is 385. The van der Waals surface area contributed by atoms with Crippen LogP contribution >= 0.6 is 0 Å². The van der Waals surface area contributed by atoms with Crippen molar-refractivity contribution in [3.8, 4) is 0 Å². The van der Waals surface area contributed by atoms with Gasteiger partial charge >= 0.3 is 0 Å². The van der Waals surface area contributed by atoms with Crippen LogP contribution in [0.5, 0.6) is 0 Å². The summed E-state index contributed by atoms with van der Waals surface area (Å²) in [7, 11) is 0. The fourth-order valence-corrected chi connectivity index (χ4v) is 1.59. The number of aliphatic hydroxyl groups excluding tert-OH is 1. The maximum atomic E-state index is 11.6. The van der Waals surface area contributed by atoms with Crippen LogP contribution in [0.25, 0.3) is 0 Å². The zero-order valence-corrected chi connectivity index (χ0v) is 9.94. The predicted molar refractivity (Wildman–Crippen MR) is 61.6 cm³/mol. The Labute approximate surface area is 99.8 Å². The third-order valence-corrected chi connectivity index (χ3v) is 2.75. The first-order chi connectivity index (χ1) is 8.16. The molecule has 0 saturated heterocycles. The van der Waals surface area contributed by atoms with Crippen molar-refractivity contribution in [2.45, 2.75) is 44.6 Å². The van der Waals surface area contributed by atoms with Gasteiger partial charge in [0.1, 0.15) is 5.82 Å². The Morgan fingerprint density at radius 2 is 2.41 bits per heavy atom. The second kappa shape index (κ2) is 5.27. The van der Waals surface area contributed by atoms with E-state index in [2.05, 4.69) is 20.5 Å². The van der Waals surface area contributed by atoms with Crippen molar-refractivity contribution in [1.82, 2.24) is 20.5 Å². The lowest BCUT2D eigenvalue weighted by Crippen LogP contribution is -2.26. The minimum Gasteiger partial charge on any atom is -0.393 e. The summed E-state index contributed by atoms with van der Waals surface area (Å²) in [6, 6.07) is 0. The van der Waals surface area contributed by atoms with Gasteiger partial charge in [0.2, 0.25) is 5.82 Å². The zero-order valence-electron chi connectivity index (χ0n) is 9.94. The maximum Gasteiger partial charge on any atom is 0.290 e. The van der Waals surface area contributed by atoms with E-state index in [-0.39, 0.29) is 17.8 Å². The minimum absolute atomic E-state index is 0.212. The average Bonchev–Trinajstić information content (AvgIpc) is 3.02. The molecule has 1 amide bonds. The van der Waals surface area contributed by atoms with Crippen molar-refractivity contribution in [2.24, 2.45) is 0 Å². The summed E-state index contributed by atoms with van der Waals surface area (Å²) >= 11 is 0. The quantitative estimate of drug-likeness (QED) is 0.632. The third kappa shape index (κ3) is 3.52. The van der Waals surface area contributed by atoms with E-state index in [4.69, 9.17) is 5.11 Å². The van der Waals surface area contributed by atoms with Crippen molar-refractivity contribution < 1.29 is 9.90 Å². The highest BCUT2D eigenvalue weighted by molar-refractivity contribution is 5.90. The Balaban J connectivity index is 1.74. The van der Waals surface area contributed by atoms with Crippen LogP contribution in [-0.2, 0) is 0 Å². The molecule has 2 rings (SSSR count). The van der Waals surface area contributed by atoms with Crippen molar-refractivity contribution in [3.63, 3.8) is 0 Å². The summed E-state index contributed by atoms with van der Waals surface area (Å²) in [6.45, 7) is 2.27. The Hall–Kier alpha value is -1.43. The number of carbonyl (C=O) groups is 1. The molecule has 1 fully saturated rings. The minimum atomic E-state index is -0.322. The van der Waals surface area contributed by atoms with Gasteiger partial charge in [-0.3, -0.25) is 9.89 Å². The Kier molecular flexibility index (Phi) is 3.73. The molecular formula is C11H18N4O2. The van der Waals surface area contributed by atoms with Gasteiger partial charge in [-0.25, -0.2) is 4.98 Å². The number of amides is 1. The van der Waals surface area contributed by atoms with Crippen molar-refractivity contribution >= 4 is 5.91 Å². The first-order valence-corrected chi connectivity index (χ1v) is 6.05. The van der Waals surface area contributed by atoms with Gasteiger partial charge in [-0.15, -0.1) is 5.10 Å². The van der Waals surface area contributed by atoms with Gasteiger partial charge in [0.05, 0.1) is 6.10 Å². The normalized spacial score (nSPS) is 16.8. The SMILES string of the molecule is CC(O)CCCNC(=O)c1n[nH]c(C2CC2)n1. The summed E-state index contributed by atoms with van der Waals surface area (Å²) in [5.41, 5.74) is 0. The number of nitrogens with one attached hydrogen (secondary N) is 2. The number of rotatable bonds is 6. The van der Waals surface area contributed by atoms with Gasteiger partial charge in [-0.1, -0.05) is 0 Å². The smallest absolute Gasteiger partial charge is 0.290 e. The standard InChI is InChI=1S/C11H18N4O2/c1-7(16)3-2-6-12-11(17)10-13-9(14-15-10)8-4-5-8/h7-8,16H,2-6H2,1H3,(H,12,17)(H,13,14,15). The van der Waals surface area contributed by atoms with Crippen LogP contribution in [0.2, 0.25) is 0 Å². The van der Waals surface area contributed by atoms with Crippen LogP contribution in [0.15, 0.2) is 0 Å². The molecule has 6 nitrogen and oxygen atoms in total. The Morgan fingerprint density at radius 3 is 3.06 bits per heavy atom. The molecule has 0 spiro atoms. The highest BCUT2D eigenvalue weighted by atomic mass is 16.3. The first-order valence-electron chi connectivity index (χ1n) is 6.05. The van der Waals surface area contributed by atoms with Crippen LogP contribution in [-0.4, -0.2) is 38.8 Å². The van der Waals surface area contributed by atoms with E-state index < -0.39 is 0 Å². The highest BCUT2D eigenvalue weighted by Crippen LogP contribution is 2.37. The van der Waals surface area contributed by atoms with Crippen LogP contribution < -0.4 is 5.32 Å². The molecule has 1 aliphatic carbocycles. The molecular weight excluding hydrogens is 220 g/mol. The number of nitrogens with zero attached hydrogens (tertiary/aromatic N) is 2. The molecule has 1 atom stereocenters. The molecule has 0 bridgehead atoms. The van der Waals surface area contributed by atoms with Gasteiger partial charge in [0, 0.05) is 12.5 Å². The maximum absolute atomic E-state index is 11.6. The summed E-state index contributed by atoms with van der Waals surface area (Å²) < 4.78 is 0. The van der Waals surface area contributed by atoms with Gasteiger partial charge < -0.3 is 10.4 Å². The van der Waals surface area contributed by atoms with E-state index in [1.165, 1.54) is 0 Å². The number of hydrogen-bond acceptors (Lipinski definition) is 4. The fraction of sp³-hybridized carbons (Fsp3) is 0.727. The first kappa shape index (κ1) is 12.0. The van der Waals surface area contributed by atoms with Crippen LogP contribution in [0.3, 0.4) is 0 Å². The van der Waals surface area contributed by atoms with E-state index in [0.717, 1.165) is 25.1 Å². The lowest BCUT2D eigenvalue weighted by molar-refractivity contribution is 0.0939. The molecule has 1 aromatic rings. The van der Waals surface area contributed by atoms with E-state index >= 15 is 0 Å². The number of aliphatic hydroxyl groups is 1. The van der Waals surface area contributed by atoms with Crippen molar-refractivity contribution in [1.29, 1.82) is 0 Å². The lowest BCUT2D eigenvalue weighted by Gasteiger charge is -2.04. The van der Waals surface area contributed by atoms with Crippen LogP contribution in [0.1, 0.15) is 55.0 Å². The molecule has 1 aliphatic rings. The molecule has 1 saturated carbocycles. The largest absolute Gasteiger partial charge is 0.393 e. The number of hydrogen-bond donors (Lipinski definition) is 3. The van der Waals surface area contributed by atoms with Gasteiger partial charge in [-0.2, -0.15) is 0 Å². The second-order valence-corrected chi connectivity index (χ2v) is 4.57. The van der Waals surface area contributed by atoms with E-state index in [1.807, 2.05) is 0 Å². The van der Waals surface area contributed by atoms with Crippen molar-refractivity contribution in [2.75, 3.05) is 6.54 Å². The van der Waals surface area contributed by atoms with Gasteiger partial charge in [-0.05, 0) is 32.6 Å². The third-order valence-electron chi connectivity index (χ3n) is 2.75. The van der Waals surface area contributed by atoms with E-state index in [0.29, 0.717) is 18.9 Å². The number of carbonyl (C=O) groups excluding carboxylic acids is 1. The number of H-pyrrole nitrogens is 1. The fourth-order valence-electron chi connectivity index (χ4n) is 1.59. The lowest BCUT2D eigenvalue weighted by atomic mass is 10.2. The summed E-state index contributed by atoms with van der Waals surface area (Å²) in [5.74, 6) is 1.25. The summed E-state index contributed by atoms with van der Waals surface area (Å²) in [5, 5.41) is 18.5. The molecule has 1 heterocycles. The molecule has 1 aromatic heterocycles. The molecule has 0 aromatic carbocycles. The van der Waals surface area contributed by atoms with Crippen LogP contribution in [0.4, 0.5) is 0 Å². The topological polar surface area (TPSA) is 90.9 Å². The monoisotopic (exact) mass is 238 g/mol. The van der Waals surface area contributed by atoms with E-state index in [9.17, 15) is 4.79 Å². The molecule has 0 radical (unpaired) electrons. The van der Waals surface area contributed by atoms with Crippen molar-refractivity contribution in [3.05, 3.63) is 11.6 Å². The molecule has 3 N–H and O–H groups in total. The average molecular weight is 238 g/mol. The van der Waals surface area contributed by atoms with Crippen LogP contribution in [0, 0.1) is 0 Å².